The zero-order valence-corrected chi connectivity index (χ0v) is 22.1. The van der Waals surface area contributed by atoms with Gasteiger partial charge in [0.15, 0.2) is 0 Å². The van der Waals surface area contributed by atoms with Crippen molar-refractivity contribution in [3.63, 3.8) is 0 Å². The van der Waals surface area contributed by atoms with Crippen molar-refractivity contribution in [1.82, 2.24) is 15.4 Å². The summed E-state index contributed by atoms with van der Waals surface area (Å²) in [6.07, 6.45) is 5.80. The number of carboxylic acids is 1. The SMILES string of the molecule is CCNC(=O)c1cccc(S(=O)(=O)N[C@@H](Cc2ccc(OCCCCC3CCNCC3)cc2)C(=O)O)c1. The number of ether oxygens (including phenoxy) is 1. The normalized spacial score (nSPS) is 15.2. The molecule has 0 saturated carbocycles. The molecule has 0 aromatic heterocycles. The van der Waals surface area contributed by atoms with Gasteiger partial charge >= 0.3 is 5.97 Å². The van der Waals surface area contributed by atoms with Gasteiger partial charge in [-0.25, -0.2) is 8.42 Å². The Morgan fingerprint density at radius 2 is 1.84 bits per heavy atom. The van der Waals surface area contributed by atoms with Gasteiger partial charge in [-0.15, -0.1) is 0 Å². The van der Waals surface area contributed by atoms with E-state index in [4.69, 9.17) is 4.74 Å². The van der Waals surface area contributed by atoms with Crippen LogP contribution >= 0.6 is 0 Å². The van der Waals surface area contributed by atoms with Crippen LogP contribution in [0.25, 0.3) is 0 Å². The van der Waals surface area contributed by atoms with Gasteiger partial charge in [-0.05, 0) is 93.9 Å². The summed E-state index contributed by atoms with van der Waals surface area (Å²) in [4.78, 5) is 23.7. The van der Waals surface area contributed by atoms with E-state index in [0.717, 1.165) is 31.8 Å². The molecule has 2 aromatic rings. The third kappa shape index (κ3) is 9.14. The number of hydrogen-bond donors (Lipinski definition) is 4. The minimum Gasteiger partial charge on any atom is -0.494 e. The summed E-state index contributed by atoms with van der Waals surface area (Å²) < 4.78 is 33.8. The first kappa shape index (κ1) is 28.6. The first-order valence-corrected chi connectivity index (χ1v) is 14.3. The summed E-state index contributed by atoms with van der Waals surface area (Å²) in [7, 11) is -4.17. The number of carboxylic acid groups (broad SMARTS) is 1. The van der Waals surface area contributed by atoms with Gasteiger partial charge < -0.3 is 20.5 Å². The molecule has 1 heterocycles. The predicted octanol–water partition coefficient (Wildman–Crippen LogP) is 2.96. The van der Waals surface area contributed by atoms with Crippen molar-refractivity contribution < 1.29 is 27.9 Å². The van der Waals surface area contributed by atoms with E-state index in [1.165, 1.54) is 43.5 Å². The van der Waals surface area contributed by atoms with Crippen molar-refractivity contribution in [1.29, 1.82) is 0 Å². The first-order valence-electron chi connectivity index (χ1n) is 12.8. The molecule has 10 heteroatoms. The summed E-state index contributed by atoms with van der Waals surface area (Å²) >= 11 is 0. The lowest BCUT2D eigenvalue weighted by Crippen LogP contribution is -2.42. The van der Waals surface area contributed by atoms with E-state index in [2.05, 4.69) is 15.4 Å². The molecular formula is C27H37N3O6S. The van der Waals surface area contributed by atoms with Crippen molar-refractivity contribution in [3.05, 3.63) is 59.7 Å². The number of nitrogens with one attached hydrogen (secondary N) is 3. The Bertz CT molecular complexity index is 1130. The van der Waals surface area contributed by atoms with Gasteiger partial charge in [0, 0.05) is 12.1 Å². The maximum atomic E-state index is 12.9. The summed E-state index contributed by atoms with van der Waals surface area (Å²) in [5, 5.41) is 15.6. The monoisotopic (exact) mass is 531 g/mol. The molecule has 1 fully saturated rings. The lowest BCUT2D eigenvalue weighted by Gasteiger charge is -2.22. The third-order valence-corrected chi connectivity index (χ3v) is 7.91. The smallest absolute Gasteiger partial charge is 0.322 e. The molecule has 1 aliphatic rings. The number of unbranched alkanes of at least 4 members (excludes halogenated alkanes) is 1. The van der Waals surface area contributed by atoms with Crippen molar-refractivity contribution in [2.24, 2.45) is 5.92 Å². The molecule has 0 unspecified atom stereocenters. The van der Waals surface area contributed by atoms with Crippen LogP contribution in [0.3, 0.4) is 0 Å². The standard InChI is InChI=1S/C27H37N3O6S/c1-2-29-26(31)22-7-5-8-24(19-22)37(34,35)30-25(27(32)33)18-21-9-11-23(12-10-21)36-17-4-3-6-20-13-15-28-16-14-20/h5,7-12,19-20,25,28,30H,2-4,6,13-18H2,1H3,(H,29,31)(H,32,33)/t25-/m0/s1. The second-order valence-corrected chi connectivity index (χ2v) is 11.0. The summed E-state index contributed by atoms with van der Waals surface area (Å²) in [6.45, 7) is 5.01. The fourth-order valence-electron chi connectivity index (χ4n) is 4.35. The van der Waals surface area contributed by atoms with Crippen LogP contribution in [0.2, 0.25) is 0 Å². The number of piperidine rings is 1. The highest BCUT2D eigenvalue weighted by Gasteiger charge is 2.26. The van der Waals surface area contributed by atoms with E-state index in [0.29, 0.717) is 24.5 Å². The molecule has 2 aromatic carbocycles. The van der Waals surface area contributed by atoms with Gasteiger partial charge in [-0.2, -0.15) is 4.72 Å². The average Bonchev–Trinajstić information content (AvgIpc) is 2.89. The number of rotatable bonds is 14. The van der Waals surface area contributed by atoms with Gasteiger partial charge in [-0.1, -0.05) is 24.6 Å². The number of benzene rings is 2. The first-order chi connectivity index (χ1) is 17.8. The topological polar surface area (TPSA) is 134 Å². The van der Waals surface area contributed by atoms with Crippen LogP contribution in [-0.4, -0.2) is 57.7 Å². The van der Waals surface area contributed by atoms with Gasteiger partial charge in [0.25, 0.3) is 5.91 Å². The zero-order chi connectivity index (χ0) is 26.7. The maximum absolute atomic E-state index is 12.9. The van der Waals surface area contributed by atoms with E-state index < -0.39 is 27.9 Å². The fourth-order valence-corrected chi connectivity index (χ4v) is 5.59. The Morgan fingerprint density at radius 3 is 2.51 bits per heavy atom. The lowest BCUT2D eigenvalue weighted by molar-refractivity contribution is -0.138. The zero-order valence-electron chi connectivity index (χ0n) is 21.2. The van der Waals surface area contributed by atoms with E-state index >= 15 is 0 Å². The second-order valence-electron chi connectivity index (χ2n) is 9.29. The molecule has 9 nitrogen and oxygen atoms in total. The van der Waals surface area contributed by atoms with Crippen LogP contribution in [0.4, 0.5) is 0 Å². The van der Waals surface area contributed by atoms with Crippen LogP contribution in [0.5, 0.6) is 5.75 Å². The van der Waals surface area contributed by atoms with Gasteiger partial charge in [0.1, 0.15) is 11.8 Å². The second kappa shape index (κ2) is 14.1. The van der Waals surface area contributed by atoms with Crippen LogP contribution in [-0.2, 0) is 21.2 Å². The Labute approximate surface area is 219 Å². The number of carbonyl (C=O) groups is 2. The van der Waals surface area contributed by atoms with Crippen molar-refractivity contribution in [2.75, 3.05) is 26.2 Å². The number of sulfonamides is 1. The molecule has 0 spiro atoms. The highest BCUT2D eigenvalue weighted by molar-refractivity contribution is 7.89. The number of amides is 1. The third-order valence-electron chi connectivity index (χ3n) is 6.44. The van der Waals surface area contributed by atoms with Gasteiger partial charge in [-0.3, -0.25) is 9.59 Å². The molecule has 4 N–H and O–H groups in total. The molecule has 37 heavy (non-hydrogen) atoms. The molecule has 1 aliphatic heterocycles. The van der Waals surface area contributed by atoms with Gasteiger partial charge in [0.2, 0.25) is 10.0 Å². The number of aliphatic carboxylic acids is 1. The molecule has 1 amide bonds. The molecular weight excluding hydrogens is 494 g/mol. The summed E-state index contributed by atoms with van der Waals surface area (Å²) in [5.41, 5.74) is 0.836. The number of carbonyl (C=O) groups excluding carboxylic acids is 1. The van der Waals surface area contributed by atoms with Crippen molar-refractivity contribution in [3.8, 4) is 5.75 Å². The van der Waals surface area contributed by atoms with E-state index in [1.807, 2.05) is 0 Å². The molecule has 1 atom stereocenters. The fraction of sp³-hybridized carbons (Fsp3) is 0.481. The maximum Gasteiger partial charge on any atom is 0.322 e. The lowest BCUT2D eigenvalue weighted by atomic mass is 9.93. The average molecular weight is 532 g/mol. The van der Waals surface area contributed by atoms with E-state index in [9.17, 15) is 23.1 Å². The van der Waals surface area contributed by atoms with Crippen molar-refractivity contribution in [2.45, 2.75) is 56.4 Å². The van der Waals surface area contributed by atoms with E-state index in [-0.39, 0.29) is 16.9 Å². The van der Waals surface area contributed by atoms with Crippen LogP contribution < -0.4 is 20.1 Å². The molecule has 1 saturated heterocycles. The molecule has 0 aliphatic carbocycles. The van der Waals surface area contributed by atoms with Crippen LogP contribution in [0, 0.1) is 5.92 Å². The van der Waals surface area contributed by atoms with E-state index in [1.54, 1.807) is 31.2 Å². The summed E-state index contributed by atoms with van der Waals surface area (Å²) in [6, 6.07) is 11.1. The predicted molar refractivity (Wildman–Crippen MR) is 141 cm³/mol. The molecule has 3 rings (SSSR count). The molecule has 202 valence electrons. The molecule has 0 radical (unpaired) electrons. The van der Waals surface area contributed by atoms with Crippen LogP contribution in [0.1, 0.15) is 54.9 Å². The van der Waals surface area contributed by atoms with Crippen LogP contribution in [0.15, 0.2) is 53.4 Å². The largest absolute Gasteiger partial charge is 0.494 e. The Kier molecular flexibility index (Phi) is 10.9. The van der Waals surface area contributed by atoms with Crippen molar-refractivity contribution >= 4 is 21.9 Å². The minimum atomic E-state index is -4.17. The van der Waals surface area contributed by atoms with Gasteiger partial charge in [0.05, 0.1) is 11.5 Å². The number of hydrogen-bond acceptors (Lipinski definition) is 6. The minimum absolute atomic E-state index is 0.0406. The summed E-state index contributed by atoms with van der Waals surface area (Å²) in [5.74, 6) is -0.194. The Balaban J connectivity index is 1.52. The Hall–Kier alpha value is -2.95. The highest BCUT2D eigenvalue weighted by Crippen LogP contribution is 2.20. The Morgan fingerprint density at radius 1 is 1.11 bits per heavy atom. The molecule has 0 bridgehead atoms. The quantitative estimate of drug-likeness (QED) is 0.275. The highest BCUT2D eigenvalue weighted by atomic mass is 32.2.